The van der Waals surface area contributed by atoms with Crippen LogP contribution in [-0.4, -0.2) is 66.5 Å². The molecule has 1 aromatic rings. The molecule has 0 aromatic heterocycles. The lowest BCUT2D eigenvalue weighted by Crippen LogP contribution is -2.64. The third-order valence-electron chi connectivity index (χ3n) is 7.12. The summed E-state index contributed by atoms with van der Waals surface area (Å²) in [6.07, 6.45) is 4.93. The van der Waals surface area contributed by atoms with Gasteiger partial charge in [-0.05, 0) is 43.1 Å². The summed E-state index contributed by atoms with van der Waals surface area (Å²) >= 11 is 0. The van der Waals surface area contributed by atoms with Crippen LogP contribution in [-0.2, 0) is 21.4 Å². The number of carbonyl (C=O) groups is 1. The summed E-state index contributed by atoms with van der Waals surface area (Å²) in [5.41, 5.74) is -0.811. The molecule has 1 saturated heterocycles. The minimum Gasteiger partial charge on any atom is -0.480 e. The Labute approximate surface area is 187 Å². The van der Waals surface area contributed by atoms with Gasteiger partial charge in [0.1, 0.15) is 5.54 Å². The predicted molar refractivity (Wildman–Crippen MR) is 122 cm³/mol. The number of hydrogen-bond donors (Lipinski definition) is 2. The van der Waals surface area contributed by atoms with Crippen molar-refractivity contribution in [1.82, 2.24) is 13.9 Å². The summed E-state index contributed by atoms with van der Waals surface area (Å²) in [6.45, 7) is 7.97. The van der Waals surface area contributed by atoms with Gasteiger partial charge in [0.2, 0.25) is 0 Å². The number of rotatable bonds is 8. The number of carboxylic acids is 1. The van der Waals surface area contributed by atoms with Gasteiger partial charge in [-0.15, -0.1) is 0 Å². The molecule has 0 bridgehead atoms. The van der Waals surface area contributed by atoms with Gasteiger partial charge in [0, 0.05) is 38.6 Å². The molecular weight excluding hydrogens is 414 g/mol. The van der Waals surface area contributed by atoms with Crippen molar-refractivity contribution in [2.75, 3.05) is 26.2 Å². The number of benzene rings is 1. The molecule has 1 heterocycles. The van der Waals surface area contributed by atoms with Gasteiger partial charge >= 0.3 is 5.97 Å². The van der Waals surface area contributed by atoms with Gasteiger partial charge in [-0.1, -0.05) is 51.1 Å². The summed E-state index contributed by atoms with van der Waals surface area (Å²) in [5, 5.41) is 10.1. The Morgan fingerprint density at radius 1 is 1.10 bits per heavy atom. The van der Waals surface area contributed by atoms with E-state index in [0.29, 0.717) is 32.2 Å². The number of carboxylic acid groups (broad SMARTS) is 1. The first kappa shape index (κ1) is 24.2. The molecule has 0 radical (unpaired) electrons. The van der Waals surface area contributed by atoms with E-state index in [0.717, 1.165) is 11.5 Å². The fraction of sp³-hybridized carbons (Fsp3) is 0.696. The zero-order chi connectivity index (χ0) is 22.6. The average Bonchev–Trinajstić information content (AvgIpc) is 2.74. The Bertz CT molecular complexity index is 830. The van der Waals surface area contributed by atoms with Crippen molar-refractivity contribution in [1.29, 1.82) is 0 Å². The van der Waals surface area contributed by atoms with Gasteiger partial charge in [0.05, 0.1) is 0 Å². The molecular formula is C23H37N3O4S. The van der Waals surface area contributed by atoms with Gasteiger partial charge in [-0.2, -0.15) is 17.4 Å². The maximum absolute atomic E-state index is 13.3. The van der Waals surface area contributed by atoms with Gasteiger partial charge in [0.25, 0.3) is 10.2 Å². The molecule has 31 heavy (non-hydrogen) atoms. The first-order valence-electron chi connectivity index (χ1n) is 11.4. The van der Waals surface area contributed by atoms with E-state index < -0.39 is 27.6 Å². The predicted octanol–water partition coefficient (Wildman–Crippen LogP) is 2.74. The highest BCUT2D eigenvalue weighted by atomic mass is 32.2. The second-order valence-corrected chi connectivity index (χ2v) is 11.2. The number of hydrogen-bond acceptors (Lipinski definition) is 4. The first-order chi connectivity index (χ1) is 14.6. The van der Waals surface area contributed by atoms with Gasteiger partial charge in [-0.25, -0.2) is 0 Å². The molecule has 0 amide bonds. The molecule has 1 atom stereocenters. The zero-order valence-electron chi connectivity index (χ0n) is 19.0. The standard InChI is InChI=1S/C23H37N3O4S/c1-18(2)23(22(27)28,17-20-7-5-4-6-8-20)24-31(29,30)26-15-13-25(14-16-26)21-11-9-19(3)10-12-21/h4-8,18-19,21,24H,9-17H2,1-3H3,(H,27,28)/t19?,21?,23-/m1/s1. The van der Waals surface area contributed by atoms with Crippen molar-refractivity contribution in [3.05, 3.63) is 35.9 Å². The molecule has 1 saturated carbocycles. The van der Waals surface area contributed by atoms with Crippen LogP contribution in [0, 0.1) is 11.8 Å². The summed E-state index contributed by atoms with van der Waals surface area (Å²) in [4.78, 5) is 14.8. The lowest BCUT2D eigenvalue weighted by Gasteiger charge is -2.42. The maximum Gasteiger partial charge on any atom is 0.325 e. The topological polar surface area (TPSA) is 90.0 Å². The minimum absolute atomic E-state index is 0.0975. The number of piperazine rings is 1. The van der Waals surface area contributed by atoms with E-state index in [1.165, 1.54) is 30.0 Å². The van der Waals surface area contributed by atoms with Gasteiger partial charge in [-0.3, -0.25) is 9.69 Å². The van der Waals surface area contributed by atoms with Crippen LogP contribution in [0.2, 0.25) is 0 Å². The van der Waals surface area contributed by atoms with E-state index in [1.54, 1.807) is 13.8 Å². The van der Waals surface area contributed by atoms with Gasteiger partial charge in [0.15, 0.2) is 0 Å². The Kier molecular flexibility index (Phi) is 7.78. The molecule has 7 nitrogen and oxygen atoms in total. The largest absolute Gasteiger partial charge is 0.480 e. The van der Waals surface area contributed by atoms with Crippen LogP contribution in [0.3, 0.4) is 0 Å². The smallest absolute Gasteiger partial charge is 0.325 e. The van der Waals surface area contributed by atoms with Crippen molar-refractivity contribution in [2.45, 2.75) is 64.5 Å². The van der Waals surface area contributed by atoms with E-state index in [1.807, 2.05) is 30.3 Å². The Balaban J connectivity index is 1.70. The van der Waals surface area contributed by atoms with Crippen molar-refractivity contribution < 1.29 is 18.3 Å². The lowest BCUT2D eigenvalue weighted by molar-refractivity contribution is -0.146. The molecule has 2 aliphatic rings. The van der Waals surface area contributed by atoms with E-state index >= 15 is 0 Å². The molecule has 174 valence electrons. The molecule has 2 fully saturated rings. The minimum atomic E-state index is -3.94. The SMILES string of the molecule is CC1CCC(N2CCN(S(=O)(=O)N[C@@](Cc3ccccc3)(C(=O)O)C(C)C)CC2)CC1. The number of nitrogens with zero attached hydrogens (tertiary/aromatic N) is 2. The van der Waals surface area contributed by atoms with E-state index in [4.69, 9.17) is 0 Å². The highest BCUT2D eigenvalue weighted by molar-refractivity contribution is 7.87. The van der Waals surface area contributed by atoms with Crippen LogP contribution in [0.15, 0.2) is 30.3 Å². The van der Waals surface area contributed by atoms with Crippen molar-refractivity contribution >= 4 is 16.2 Å². The Morgan fingerprint density at radius 3 is 2.19 bits per heavy atom. The Hall–Kier alpha value is -1.48. The fourth-order valence-electron chi connectivity index (χ4n) is 4.85. The van der Waals surface area contributed by atoms with Crippen LogP contribution in [0.25, 0.3) is 0 Å². The molecule has 1 aromatic carbocycles. The first-order valence-corrected chi connectivity index (χ1v) is 12.9. The van der Waals surface area contributed by atoms with Crippen LogP contribution in [0.1, 0.15) is 52.0 Å². The molecule has 3 rings (SSSR count). The Morgan fingerprint density at radius 2 is 1.68 bits per heavy atom. The molecule has 0 unspecified atom stereocenters. The van der Waals surface area contributed by atoms with Crippen LogP contribution < -0.4 is 4.72 Å². The zero-order valence-corrected chi connectivity index (χ0v) is 19.8. The van der Waals surface area contributed by atoms with E-state index in [-0.39, 0.29) is 6.42 Å². The monoisotopic (exact) mass is 451 g/mol. The average molecular weight is 452 g/mol. The maximum atomic E-state index is 13.3. The highest BCUT2D eigenvalue weighted by Crippen LogP contribution is 2.29. The number of nitrogens with one attached hydrogen (secondary N) is 1. The van der Waals surface area contributed by atoms with Crippen molar-refractivity contribution in [2.24, 2.45) is 11.8 Å². The van der Waals surface area contributed by atoms with Gasteiger partial charge < -0.3 is 5.11 Å². The number of aliphatic carboxylic acids is 1. The van der Waals surface area contributed by atoms with E-state index in [9.17, 15) is 18.3 Å². The fourth-order valence-corrected chi connectivity index (χ4v) is 6.48. The van der Waals surface area contributed by atoms with Crippen LogP contribution in [0.4, 0.5) is 0 Å². The quantitative estimate of drug-likeness (QED) is 0.634. The second kappa shape index (κ2) is 9.98. The molecule has 2 N–H and O–H groups in total. The van der Waals surface area contributed by atoms with Crippen LogP contribution >= 0.6 is 0 Å². The summed E-state index contributed by atoms with van der Waals surface area (Å²) in [5.74, 6) is -0.790. The summed E-state index contributed by atoms with van der Waals surface area (Å²) < 4.78 is 30.5. The van der Waals surface area contributed by atoms with E-state index in [2.05, 4.69) is 16.5 Å². The highest BCUT2D eigenvalue weighted by Gasteiger charge is 2.47. The normalized spacial score (nSPS) is 25.9. The second-order valence-electron chi connectivity index (χ2n) is 9.55. The third kappa shape index (κ3) is 5.66. The summed E-state index contributed by atoms with van der Waals surface area (Å²) in [7, 11) is -3.94. The lowest BCUT2D eigenvalue weighted by atomic mass is 9.82. The molecule has 1 aliphatic heterocycles. The van der Waals surface area contributed by atoms with Crippen LogP contribution in [0.5, 0.6) is 0 Å². The van der Waals surface area contributed by atoms with Crippen molar-refractivity contribution in [3.8, 4) is 0 Å². The molecule has 0 spiro atoms. The summed E-state index contributed by atoms with van der Waals surface area (Å²) in [6, 6.07) is 9.74. The third-order valence-corrected chi connectivity index (χ3v) is 8.79. The molecule has 8 heteroatoms. The molecule has 1 aliphatic carbocycles. The van der Waals surface area contributed by atoms with Crippen molar-refractivity contribution in [3.63, 3.8) is 0 Å².